The second kappa shape index (κ2) is 6.44. The van der Waals surface area contributed by atoms with Crippen LogP contribution in [0.4, 0.5) is 5.82 Å². The molecular formula is C19H18N6O. The van der Waals surface area contributed by atoms with Crippen LogP contribution in [0.1, 0.15) is 23.0 Å². The molecule has 0 aliphatic carbocycles. The van der Waals surface area contributed by atoms with Crippen molar-refractivity contribution in [3.8, 4) is 11.4 Å². The lowest BCUT2D eigenvalue weighted by molar-refractivity contribution is 0.102. The normalized spacial score (nSPS) is 11.0. The molecule has 2 N–H and O–H groups in total. The zero-order valence-electron chi connectivity index (χ0n) is 14.5. The van der Waals surface area contributed by atoms with Crippen LogP contribution in [0.15, 0.2) is 48.9 Å². The topological polar surface area (TPSA) is 88.5 Å². The van der Waals surface area contributed by atoms with Gasteiger partial charge in [-0.1, -0.05) is 18.2 Å². The van der Waals surface area contributed by atoms with Gasteiger partial charge in [0.25, 0.3) is 5.91 Å². The van der Waals surface area contributed by atoms with Gasteiger partial charge in [-0.25, -0.2) is 4.98 Å². The number of aromatic nitrogens is 5. The van der Waals surface area contributed by atoms with Gasteiger partial charge >= 0.3 is 0 Å². The Balaban J connectivity index is 1.70. The first kappa shape index (κ1) is 16.0. The molecular weight excluding hydrogens is 328 g/mol. The van der Waals surface area contributed by atoms with Gasteiger partial charge in [-0.05, 0) is 25.5 Å². The zero-order chi connectivity index (χ0) is 18.1. The average molecular weight is 346 g/mol. The van der Waals surface area contributed by atoms with Crippen molar-refractivity contribution in [2.45, 2.75) is 20.4 Å². The SMILES string of the molecule is CCn1c(-c2cc(NC(=O)c3cnccn3)n[nH]2)c(C)c2ccccc21. The van der Waals surface area contributed by atoms with Gasteiger partial charge in [0, 0.05) is 35.9 Å². The third-order valence-electron chi connectivity index (χ3n) is 4.41. The molecule has 7 heteroatoms. The Morgan fingerprint density at radius 3 is 2.88 bits per heavy atom. The molecule has 1 aromatic carbocycles. The van der Waals surface area contributed by atoms with Gasteiger partial charge in [0.1, 0.15) is 5.69 Å². The number of amides is 1. The van der Waals surface area contributed by atoms with Crippen molar-refractivity contribution in [1.82, 2.24) is 24.7 Å². The van der Waals surface area contributed by atoms with Crippen molar-refractivity contribution >= 4 is 22.6 Å². The Morgan fingerprint density at radius 1 is 1.27 bits per heavy atom. The van der Waals surface area contributed by atoms with Gasteiger partial charge in [-0.2, -0.15) is 5.10 Å². The molecule has 0 radical (unpaired) electrons. The number of hydrogen-bond acceptors (Lipinski definition) is 4. The van der Waals surface area contributed by atoms with Crippen molar-refractivity contribution in [3.05, 3.63) is 60.2 Å². The minimum absolute atomic E-state index is 0.246. The molecule has 0 unspecified atom stereocenters. The minimum atomic E-state index is -0.344. The summed E-state index contributed by atoms with van der Waals surface area (Å²) in [6, 6.07) is 10.1. The van der Waals surface area contributed by atoms with Crippen LogP contribution in [0, 0.1) is 6.92 Å². The number of aryl methyl sites for hydroxylation is 2. The van der Waals surface area contributed by atoms with Crippen LogP contribution in [0.25, 0.3) is 22.3 Å². The Morgan fingerprint density at radius 2 is 2.12 bits per heavy atom. The summed E-state index contributed by atoms with van der Waals surface area (Å²) in [6.07, 6.45) is 4.42. The summed E-state index contributed by atoms with van der Waals surface area (Å²) in [6.45, 7) is 5.05. The summed E-state index contributed by atoms with van der Waals surface area (Å²) in [5.41, 5.74) is 4.53. The fraction of sp³-hybridized carbons (Fsp3) is 0.158. The number of carbonyl (C=O) groups excluding carboxylic acids is 1. The number of para-hydroxylation sites is 1. The largest absolute Gasteiger partial charge is 0.339 e. The maximum atomic E-state index is 12.2. The molecule has 7 nitrogen and oxygen atoms in total. The maximum absolute atomic E-state index is 12.2. The first-order chi connectivity index (χ1) is 12.7. The Hall–Kier alpha value is -3.48. The quantitative estimate of drug-likeness (QED) is 0.593. The van der Waals surface area contributed by atoms with Crippen molar-refractivity contribution in [3.63, 3.8) is 0 Å². The summed E-state index contributed by atoms with van der Waals surface area (Å²) in [7, 11) is 0. The smallest absolute Gasteiger partial charge is 0.277 e. The highest BCUT2D eigenvalue weighted by Crippen LogP contribution is 2.33. The zero-order valence-corrected chi connectivity index (χ0v) is 14.5. The van der Waals surface area contributed by atoms with Gasteiger partial charge in [0.15, 0.2) is 5.82 Å². The van der Waals surface area contributed by atoms with Crippen LogP contribution in [0.2, 0.25) is 0 Å². The lowest BCUT2D eigenvalue weighted by Gasteiger charge is -2.06. The predicted octanol–water partition coefficient (Wildman–Crippen LogP) is 3.40. The Kier molecular flexibility index (Phi) is 3.96. The Bertz CT molecular complexity index is 1080. The number of fused-ring (bicyclic) bond motifs is 1. The molecule has 1 amide bonds. The van der Waals surface area contributed by atoms with Gasteiger partial charge in [0.05, 0.1) is 17.6 Å². The highest BCUT2D eigenvalue weighted by molar-refractivity contribution is 6.02. The third-order valence-corrected chi connectivity index (χ3v) is 4.41. The molecule has 3 heterocycles. The first-order valence-electron chi connectivity index (χ1n) is 8.40. The predicted molar refractivity (Wildman–Crippen MR) is 99.9 cm³/mol. The average Bonchev–Trinajstić information content (AvgIpc) is 3.24. The number of benzene rings is 1. The van der Waals surface area contributed by atoms with E-state index < -0.39 is 0 Å². The lowest BCUT2D eigenvalue weighted by atomic mass is 10.1. The molecule has 0 bridgehead atoms. The van der Waals surface area contributed by atoms with Gasteiger partial charge < -0.3 is 9.88 Å². The summed E-state index contributed by atoms with van der Waals surface area (Å²) in [4.78, 5) is 20.1. The number of H-pyrrole nitrogens is 1. The van der Waals surface area contributed by atoms with Crippen LogP contribution in [0.5, 0.6) is 0 Å². The standard InChI is InChI=1S/C19H18N6O/c1-3-25-16-7-5-4-6-13(16)12(2)18(25)14-10-17(24-23-14)22-19(26)15-11-20-8-9-21-15/h4-11H,3H2,1-2H3,(H2,22,23,24,26). The number of rotatable bonds is 4. The van der Waals surface area contributed by atoms with E-state index in [4.69, 9.17) is 0 Å². The summed E-state index contributed by atoms with van der Waals surface area (Å²) >= 11 is 0. The fourth-order valence-electron chi connectivity index (χ4n) is 3.26. The van der Waals surface area contributed by atoms with E-state index in [0.29, 0.717) is 5.82 Å². The third kappa shape index (κ3) is 2.63. The van der Waals surface area contributed by atoms with E-state index >= 15 is 0 Å². The van der Waals surface area contributed by atoms with Crippen LogP contribution in [-0.4, -0.2) is 30.6 Å². The number of nitrogens with one attached hydrogen (secondary N) is 2. The number of anilines is 1. The minimum Gasteiger partial charge on any atom is -0.339 e. The van der Waals surface area contributed by atoms with E-state index in [2.05, 4.69) is 56.0 Å². The molecule has 0 atom stereocenters. The van der Waals surface area contributed by atoms with E-state index in [1.54, 1.807) is 0 Å². The lowest BCUT2D eigenvalue weighted by Crippen LogP contribution is -2.13. The molecule has 0 saturated heterocycles. The molecule has 0 aliphatic rings. The molecule has 0 fully saturated rings. The van der Waals surface area contributed by atoms with E-state index in [0.717, 1.165) is 17.9 Å². The molecule has 3 aromatic heterocycles. The number of nitrogens with zero attached hydrogens (tertiary/aromatic N) is 4. The summed E-state index contributed by atoms with van der Waals surface area (Å²) in [5, 5.41) is 11.2. The van der Waals surface area contributed by atoms with Crippen molar-refractivity contribution in [2.24, 2.45) is 0 Å². The summed E-state index contributed by atoms with van der Waals surface area (Å²) in [5.74, 6) is 0.104. The van der Waals surface area contributed by atoms with E-state index in [1.807, 2.05) is 18.2 Å². The van der Waals surface area contributed by atoms with Gasteiger partial charge in [0.2, 0.25) is 0 Å². The van der Waals surface area contributed by atoms with E-state index in [9.17, 15) is 4.79 Å². The molecule has 0 aliphatic heterocycles. The number of aromatic amines is 1. The van der Waals surface area contributed by atoms with Crippen LogP contribution in [0.3, 0.4) is 0 Å². The van der Waals surface area contributed by atoms with Gasteiger partial charge in [-0.15, -0.1) is 0 Å². The Labute approximate surface area is 150 Å². The van der Waals surface area contributed by atoms with Crippen LogP contribution < -0.4 is 5.32 Å². The monoisotopic (exact) mass is 346 g/mol. The fourth-order valence-corrected chi connectivity index (χ4v) is 3.26. The molecule has 0 spiro atoms. The molecule has 4 aromatic rings. The molecule has 4 rings (SSSR count). The second-order valence-electron chi connectivity index (χ2n) is 5.95. The number of carbonyl (C=O) groups is 1. The van der Waals surface area contributed by atoms with Crippen molar-refractivity contribution < 1.29 is 4.79 Å². The van der Waals surface area contributed by atoms with Gasteiger partial charge in [-0.3, -0.25) is 14.9 Å². The second-order valence-corrected chi connectivity index (χ2v) is 5.95. The highest BCUT2D eigenvalue weighted by Gasteiger charge is 2.17. The highest BCUT2D eigenvalue weighted by atomic mass is 16.2. The molecule has 130 valence electrons. The van der Waals surface area contributed by atoms with Crippen molar-refractivity contribution in [2.75, 3.05) is 5.32 Å². The van der Waals surface area contributed by atoms with Crippen LogP contribution >= 0.6 is 0 Å². The van der Waals surface area contributed by atoms with Crippen LogP contribution in [-0.2, 0) is 6.54 Å². The summed E-state index contributed by atoms with van der Waals surface area (Å²) < 4.78 is 2.24. The molecule has 26 heavy (non-hydrogen) atoms. The molecule has 0 saturated carbocycles. The number of hydrogen-bond donors (Lipinski definition) is 2. The first-order valence-corrected chi connectivity index (χ1v) is 8.40. The van der Waals surface area contributed by atoms with Crippen molar-refractivity contribution in [1.29, 1.82) is 0 Å². The van der Waals surface area contributed by atoms with E-state index in [-0.39, 0.29) is 11.6 Å². The maximum Gasteiger partial charge on any atom is 0.277 e. The van der Waals surface area contributed by atoms with E-state index in [1.165, 1.54) is 35.1 Å².